The van der Waals surface area contributed by atoms with Gasteiger partial charge in [-0.2, -0.15) is 10.5 Å². The number of nitriles is 2. The molecule has 3 unspecified atom stereocenters. The monoisotopic (exact) mass is 715 g/mol. The Balaban J connectivity index is 1.58. The van der Waals surface area contributed by atoms with Gasteiger partial charge in [-0.15, -0.1) is 0 Å². The second kappa shape index (κ2) is 15.0. The number of carbonyl (C=O) groups excluding carboxylic acids is 2. The number of imidazole rings is 2. The molecule has 0 spiro atoms. The number of nitrogens with one attached hydrogen (secondary N) is 2. The van der Waals surface area contributed by atoms with Crippen LogP contribution in [0.4, 0.5) is 0 Å². The first-order chi connectivity index (χ1) is 26.3. The number of fused-ring (bicyclic) bond motifs is 1. The molecule has 7 rings (SSSR count). The van der Waals surface area contributed by atoms with Gasteiger partial charge in [-0.05, 0) is 65.1 Å². The molecule has 4 N–H and O–H groups in total. The molecule has 3 heterocycles. The standard InChI is InChI=1S/C43H38N8O3/c1-2-54-42(53)43(41(46)52)21-35-17-16-34(33-6-4-3-5-7-33)20-36(35)26-51(43,39(37-24-47-27-49-37)18-29-8-12-31(22-44)13-9-29)40(38-25-48-28-50-38)19-30-10-14-32(23-45)15-11-30/h3-17,20,24-25,27-28,39-40H,2,18-19,21,26H2,1H3,(H3-,46,47,48,49,50,52)/p+1. The van der Waals surface area contributed by atoms with Gasteiger partial charge >= 0.3 is 5.97 Å². The molecule has 54 heavy (non-hydrogen) atoms. The van der Waals surface area contributed by atoms with Crippen LogP contribution in [0.5, 0.6) is 0 Å². The van der Waals surface area contributed by atoms with Crippen molar-refractivity contribution < 1.29 is 18.8 Å². The predicted octanol–water partition coefficient (Wildman–Crippen LogP) is 6.17. The summed E-state index contributed by atoms with van der Waals surface area (Å²) >= 11 is 0. The summed E-state index contributed by atoms with van der Waals surface area (Å²) in [5.74, 6) is -1.53. The van der Waals surface area contributed by atoms with Gasteiger partial charge < -0.3 is 20.4 Å². The number of aromatic amines is 2. The Morgan fingerprint density at radius 2 is 1.35 bits per heavy atom. The summed E-state index contributed by atoms with van der Waals surface area (Å²) in [6, 6.07) is 33.9. The van der Waals surface area contributed by atoms with Crippen LogP contribution in [0.25, 0.3) is 11.1 Å². The molecule has 11 heteroatoms. The van der Waals surface area contributed by atoms with Gasteiger partial charge in [0.15, 0.2) is 0 Å². The molecule has 0 saturated carbocycles. The number of rotatable bonds is 12. The number of esters is 1. The molecule has 4 aromatic carbocycles. The van der Waals surface area contributed by atoms with E-state index in [1.54, 1.807) is 56.2 Å². The van der Waals surface area contributed by atoms with Gasteiger partial charge in [0, 0.05) is 24.8 Å². The summed E-state index contributed by atoms with van der Waals surface area (Å²) in [6.07, 6.45) is 7.26. The fraction of sp³-hybridized carbons (Fsp3) is 0.209. The highest BCUT2D eigenvalue weighted by Gasteiger charge is 2.70. The van der Waals surface area contributed by atoms with E-state index in [1.165, 1.54) is 0 Å². The number of aromatic nitrogens is 4. The third-order valence-corrected chi connectivity index (χ3v) is 10.8. The number of hydrogen-bond acceptors (Lipinski definition) is 7. The highest BCUT2D eigenvalue weighted by Crippen LogP contribution is 2.54. The smallest absolute Gasteiger partial charge is 0.378 e. The third-order valence-electron chi connectivity index (χ3n) is 10.8. The Morgan fingerprint density at radius 1 is 0.796 bits per heavy atom. The van der Waals surface area contributed by atoms with Crippen molar-refractivity contribution in [2.24, 2.45) is 5.73 Å². The van der Waals surface area contributed by atoms with Crippen molar-refractivity contribution in [3.05, 3.63) is 167 Å². The van der Waals surface area contributed by atoms with E-state index in [2.05, 4.69) is 50.3 Å². The molecule has 6 aromatic rings. The van der Waals surface area contributed by atoms with E-state index >= 15 is 4.79 Å². The molecule has 0 aliphatic carbocycles. The quantitative estimate of drug-likeness (QED) is 0.0772. The van der Waals surface area contributed by atoms with Crippen LogP contribution in [0.3, 0.4) is 0 Å². The second-order valence-electron chi connectivity index (χ2n) is 13.6. The number of nitrogens with two attached hydrogens (primary N) is 1. The summed E-state index contributed by atoms with van der Waals surface area (Å²) in [5.41, 5.74) is 12.6. The number of amides is 1. The largest absolute Gasteiger partial charge is 0.461 e. The number of ether oxygens (including phenoxy) is 1. The van der Waals surface area contributed by atoms with Crippen LogP contribution < -0.4 is 5.73 Å². The first-order valence-corrected chi connectivity index (χ1v) is 17.8. The van der Waals surface area contributed by atoms with Crippen molar-refractivity contribution >= 4 is 11.9 Å². The van der Waals surface area contributed by atoms with E-state index in [4.69, 9.17) is 10.5 Å². The van der Waals surface area contributed by atoms with Gasteiger partial charge in [0.2, 0.25) is 0 Å². The summed E-state index contributed by atoms with van der Waals surface area (Å²) in [4.78, 5) is 45.3. The molecule has 1 aliphatic heterocycles. The fourth-order valence-corrected chi connectivity index (χ4v) is 8.27. The molecular weight excluding hydrogens is 677 g/mol. The minimum absolute atomic E-state index is 0.0262. The van der Waals surface area contributed by atoms with Gasteiger partial charge in [0.1, 0.15) is 18.6 Å². The molecule has 1 aliphatic rings. The summed E-state index contributed by atoms with van der Waals surface area (Å²) in [5, 5.41) is 19.2. The SMILES string of the molecule is CCOC(=O)C1(C(N)=O)Cc2ccc(-c3ccccc3)cc2C[N+]1(C(Cc1ccc(C#N)cc1)c1cnc[nH]1)C(Cc1ccc(C#N)cc1)c1cnc[nH]1. The van der Waals surface area contributed by atoms with E-state index in [-0.39, 0.29) is 24.1 Å². The molecule has 3 atom stereocenters. The Kier molecular flexibility index (Phi) is 9.91. The van der Waals surface area contributed by atoms with Crippen molar-refractivity contribution in [2.45, 2.75) is 50.4 Å². The van der Waals surface area contributed by atoms with Gasteiger partial charge in [-0.25, -0.2) is 14.8 Å². The number of quaternary nitrogens is 1. The molecular formula is C43H39N8O3+. The Hall–Kier alpha value is -6.82. The minimum atomic E-state index is -1.96. The van der Waals surface area contributed by atoms with Crippen LogP contribution in [0.1, 0.15) is 63.8 Å². The first kappa shape index (κ1) is 35.6. The summed E-state index contributed by atoms with van der Waals surface area (Å²) in [6.45, 7) is 1.94. The van der Waals surface area contributed by atoms with Gasteiger partial charge in [-0.1, -0.05) is 66.7 Å². The van der Waals surface area contributed by atoms with E-state index in [9.17, 15) is 15.3 Å². The number of benzene rings is 4. The molecule has 0 bridgehead atoms. The molecule has 0 saturated heterocycles. The lowest BCUT2D eigenvalue weighted by molar-refractivity contribution is -1.03. The fourth-order valence-electron chi connectivity index (χ4n) is 8.27. The molecule has 1 amide bonds. The normalized spacial score (nSPS) is 18.7. The number of primary amides is 1. The van der Waals surface area contributed by atoms with Crippen LogP contribution in [0.2, 0.25) is 0 Å². The van der Waals surface area contributed by atoms with Crippen molar-refractivity contribution in [2.75, 3.05) is 6.61 Å². The van der Waals surface area contributed by atoms with Gasteiger partial charge in [-0.3, -0.25) is 9.28 Å². The number of hydrogen-bond donors (Lipinski definition) is 3. The van der Waals surface area contributed by atoms with Crippen LogP contribution in [-0.4, -0.2) is 48.4 Å². The average molecular weight is 716 g/mol. The second-order valence-corrected chi connectivity index (χ2v) is 13.6. The van der Waals surface area contributed by atoms with Gasteiger partial charge in [0.25, 0.3) is 11.4 Å². The Labute approximate surface area is 313 Å². The van der Waals surface area contributed by atoms with E-state index in [1.807, 2.05) is 54.6 Å². The predicted molar refractivity (Wildman–Crippen MR) is 200 cm³/mol. The van der Waals surface area contributed by atoms with Crippen LogP contribution >= 0.6 is 0 Å². The number of nitrogens with zero attached hydrogens (tertiary/aromatic N) is 5. The molecule has 0 radical (unpaired) electrons. The third kappa shape index (κ3) is 6.31. The zero-order valence-electron chi connectivity index (χ0n) is 29.8. The van der Waals surface area contributed by atoms with E-state index in [0.717, 1.165) is 33.4 Å². The highest BCUT2D eigenvalue weighted by molar-refractivity contribution is 6.06. The lowest BCUT2D eigenvalue weighted by atomic mass is 9.73. The van der Waals surface area contributed by atoms with Crippen molar-refractivity contribution in [3.8, 4) is 23.3 Å². The number of carbonyl (C=O) groups is 2. The average Bonchev–Trinajstić information content (AvgIpc) is 3.95. The maximum atomic E-state index is 15.0. The number of H-pyrrole nitrogens is 2. The minimum Gasteiger partial charge on any atom is -0.461 e. The maximum absolute atomic E-state index is 15.0. The summed E-state index contributed by atoms with van der Waals surface area (Å²) in [7, 11) is 0. The Bertz CT molecular complexity index is 2230. The van der Waals surface area contributed by atoms with E-state index in [0.29, 0.717) is 35.4 Å². The van der Waals surface area contributed by atoms with Crippen molar-refractivity contribution in [3.63, 3.8) is 0 Å². The molecule has 2 aromatic heterocycles. The van der Waals surface area contributed by atoms with Crippen LogP contribution in [0.15, 0.2) is 122 Å². The van der Waals surface area contributed by atoms with Crippen molar-refractivity contribution in [1.82, 2.24) is 19.9 Å². The van der Waals surface area contributed by atoms with Crippen LogP contribution in [-0.2, 0) is 40.1 Å². The highest BCUT2D eigenvalue weighted by atomic mass is 16.5. The zero-order valence-corrected chi connectivity index (χ0v) is 29.8. The zero-order chi connectivity index (χ0) is 37.7. The lowest BCUT2D eigenvalue weighted by Gasteiger charge is -2.59. The molecule has 268 valence electrons. The maximum Gasteiger partial charge on any atom is 0.378 e. The van der Waals surface area contributed by atoms with E-state index < -0.39 is 29.5 Å². The topological polar surface area (TPSA) is 174 Å². The van der Waals surface area contributed by atoms with Crippen LogP contribution in [0, 0.1) is 22.7 Å². The molecule has 0 fully saturated rings. The molecule has 11 nitrogen and oxygen atoms in total. The van der Waals surface area contributed by atoms with Gasteiger partial charge in [0.05, 0.1) is 66.3 Å². The lowest BCUT2D eigenvalue weighted by Crippen LogP contribution is -2.77. The Morgan fingerprint density at radius 3 is 1.81 bits per heavy atom. The first-order valence-electron chi connectivity index (χ1n) is 17.8. The van der Waals surface area contributed by atoms with Crippen molar-refractivity contribution in [1.29, 1.82) is 10.5 Å². The summed E-state index contributed by atoms with van der Waals surface area (Å²) < 4.78 is 5.71.